The summed E-state index contributed by atoms with van der Waals surface area (Å²) in [6, 6.07) is 9.18. The molecule has 6 rings (SSSR count). The lowest BCUT2D eigenvalue weighted by atomic mass is 9.37. The van der Waals surface area contributed by atoms with Crippen molar-refractivity contribution in [2.45, 2.75) is 77.1 Å². The van der Waals surface area contributed by atoms with Crippen LogP contribution in [0.15, 0.2) is 30.3 Å². The van der Waals surface area contributed by atoms with Gasteiger partial charge in [0.2, 0.25) is 0 Å². The number of rotatable bonds is 7. The van der Waals surface area contributed by atoms with Crippen LogP contribution in [0.3, 0.4) is 0 Å². The average Bonchev–Trinajstić information content (AvgIpc) is 3.52. The van der Waals surface area contributed by atoms with E-state index in [-0.39, 0.29) is 47.4 Å². The molecule has 5 fully saturated rings. The third kappa shape index (κ3) is 3.61. The minimum atomic E-state index is -0.735. The second kappa shape index (κ2) is 9.39. The van der Waals surface area contributed by atoms with Crippen LogP contribution in [0.4, 0.5) is 0 Å². The van der Waals surface area contributed by atoms with Crippen molar-refractivity contribution in [1.29, 1.82) is 0 Å². The molecule has 1 heterocycles. The lowest BCUT2D eigenvalue weighted by Crippen LogP contribution is -2.68. The number of esters is 1. The van der Waals surface area contributed by atoms with E-state index >= 15 is 0 Å². The number of hydrogen-bond donors (Lipinski definition) is 0. The minimum absolute atomic E-state index is 0.0402. The summed E-state index contributed by atoms with van der Waals surface area (Å²) in [4.78, 5) is 26.6. The molecule has 1 aromatic carbocycles. The van der Waals surface area contributed by atoms with Gasteiger partial charge in [0.1, 0.15) is 19.2 Å². The van der Waals surface area contributed by atoms with Crippen molar-refractivity contribution in [3.05, 3.63) is 35.9 Å². The third-order valence-electron chi connectivity index (χ3n) is 11.5. The van der Waals surface area contributed by atoms with E-state index in [1.807, 2.05) is 18.2 Å². The predicted molar refractivity (Wildman–Crippen MR) is 139 cm³/mol. The molecule has 7 heteroatoms. The van der Waals surface area contributed by atoms with Gasteiger partial charge in [-0.2, -0.15) is 0 Å². The van der Waals surface area contributed by atoms with Crippen molar-refractivity contribution < 1.29 is 33.3 Å². The Kier molecular flexibility index (Phi) is 6.53. The van der Waals surface area contributed by atoms with Gasteiger partial charge >= 0.3 is 5.97 Å². The first-order chi connectivity index (χ1) is 18.3. The van der Waals surface area contributed by atoms with E-state index in [1.165, 1.54) is 0 Å². The first-order valence-electron chi connectivity index (χ1n) is 14.3. The Morgan fingerprint density at radius 3 is 2.55 bits per heavy atom. The summed E-state index contributed by atoms with van der Waals surface area (Å²) >= 11 is 0. The smallest absolute Gasteiger partial charge is 0.338 e. The number of carbonyl (C=O) groups excluding carboxylic acids is 2. The van der Waals surface area contributed by atoms with E-state index in [0.29, 0.717) is 25.2 Å². The molecule has 208 valence electrons. The maximum atomic E-state index is 13.5. The summed E-state index contributed by atoms with van der Waals surface area (Å²) in [5.41, 5.74) is -0.409. The lowest BCUT2D eigenvalue weighted by molar-refractivity contribution is -0.299. The number of methoxy groups -OCH3 is 1. The van der Waals surface area contributed by atoms with Crippen LogP contribution in [0.1, 0.15) is 75.6 Å². The molecule has 7 nitrogen and oxygen atoms in total. The summed E-state index contributed by atoms with van der Waals surface area (Å²) in [6.45, 7) is 6.41. The van der Waals surface area contributed by atoms with Gasteiger partial charge in [0.05, 0.1) is 30.8 Å². The van der Waals surface area contributed by atoms with E-state index in [1.54, 1.807) is 19.2 Å². The number of benzene rings is 1. The largest absolute Gasteiger partial charge is 0.458 e. The van der Waals surface area contributed by atoms with Crippen molar-refractivity contribution >= 4 is 12.3 Å². The molecular weight excluding hydrogens is 484 g/mol. The molecule has 2 bridgehead atoms. The van der Waals surface area contributed by atoms with Gasteiger partial charge in [0.25, 0.3) is 0 Å². The molecule has 4 aliphatic carbocycles. The topological polar surface area (TPSA) is 80.3 Å². The van der Waals surface area contributed by atoms with E-state index in [9.17, 15) is 9.59 Å². The molecule has 5 aliphatic rings. The summed E-state index contributed by atoms with van der Waals surface area (Å²) in [5.74, 6) is -0.739. The number of ether oxygens (including phenoxy) is 5. The maximum absolute atomic E-state index is 13.5. The van der Waals surface area contributed by atoms with Crippen molar-refractivity contribution in [2.24, 2.45) is 33.5 Å². The molecule has 38 heavy (non-hydrogen) atoms. The van der Waals surface area contributed by atoms with Gasteiger partial charge in [-0.3, -0.25) is 0 Å². The second-order valence-electron chi connectivity index (χ2n) is 13.1. The Labute approximate surface area is 225 Å². The van der Waals surface area contributed by atoms with Crippen LogP contribution in [-0.2, 0) is 28.5 Å². The fourth-order valence-electron chi connectivity index (χ4n) is 10.0. The van der Waals surface area contributed by atoms with Crippen LogP contribution < -0.4 is 0 Å². The molecule has 0 unspecified atom stereocenters. The molecule has 2 spiro atoms. The molecule has 0 radical (unpaired) electrons. The standard InChI is InChI=1S/C31H42O7/c1-27-12-13-30(18-27)23(17-31(27)36-14-15-37-31)16-24(38-26(33)22-8-5-4-6-9-22)25-28(30,2)10-7-11-29(25,19-32)20-35-21-34-3/h4-6,8-9,19,23-25H,7,10-18,20-21H2,1-3H3/t23-,24+,25+,27-,28-,29+,30-/m0/s1. The molecular formula is C31H42O7. The quantitative estimate of drug-likeness (QED) is 0.210. The van der Waals surface area contributed by atoms with Crippen molar-refractivity contribution in [2.75, 3.05) is 33.7 Å². The molecule has 1 aliphatic heterocycles. The van der Waals surface area contributed by atoms with E-state index < -0.39 is 17.3 Å². The highest BCUT2D eigenvalue weighted by Crippen LogP contribution is 2.78. The summed E-state index contributed by atoms with van der Waals surface area (Å²) in [6.07, 6.45) is 8.10. The highest BCUT2D eigenvalue weighted by molar-refractivity contribution is 5.89. The van der Waals surface area contributed by atoms with Gasteiger partial charge < -0.3 is 28.5 Å². The Morgan fingerprint density at radius 2 is 1.84 bits per heavy atom. The number of fused-ring (bicyclic) bond motifs is 3. The van der Waals surface area contributed by atoms with Gasteiger partial charge in [0, 0.05) is 24.9 Å². The zero-order chi connectivity index (χ0) is 26.7. The Bertz CT molecular complexity index is 1050. The van der Waals surface area contributed by atoms with Gasteiger partial charge in [-0.05, 0) is 67.4 Å². The SMILES string of the molecule is COCOC[C@]1(C=O)CCC[C@@]2(C)[C@H]1[C@H](OC(=O)c1ccccc1)C[C@H]1CC3(OCCO3)[C@@]3(C)CC[C@]12C3. The van der Waals surface area contributed by atoms with Crippen LogP contribution in [0.2, 0.25) is 0 Å². The summed E-state index contributed by atoms with van der Waals surface area (Å²) in [7, 11) is 1.59. The highest BCUT2D eigenvalue weighted by Gasteiger charge is 2.76. The lowest BCUT2D eigenvalue weighted by Gasteiger charge is -2.68. The molecule has 7 atom stereocenters. The van der Waals surface area contributed by atoms with Gasteiger partial charge in [0.15, 0.2) is 5.79 Å². The van der Waals surface area contributed by atoms with Crippen molar-refractivity contribution in [3.8, 4) is 0 Å². The van der Waals surface area contributed by atoms with Gasteiger partial charge in [-0.25, -0.2) is 4.79 Å². The second-order valence-corrected chi connectivity index (χ2v) is 13.1. The number of hydrogen-bond acceptors (Lipinski definition) is 7. The Morgan fingerprint density at radius 1 is 1.08 bits per heavy atom. The zero-order valence-electron chi connectivity index (χ0n) is 23.0. The van der Waals surface area contributed by atoms with Crippen LogP contribution >= 0.6 is 0 Å². The highest BCUT2D eigenvalue weighted by atomic mass is 16.7. The maximum Gasteiger partial charge on any atom is 0.338 e. The molecule has 0 N–H and O–H groups in total. The fourth-order valence-corrected chi connectivity index (χ4v) is 10.0. The third-order valence-corrected chi connectivity index (χ3v) is 11.5. The van der Waals surface area contributed by atoms with E-state index in [0.717, 1.165) is 51.2 Å². The minimum Gasteiger partial charge on any atom is -0.458 e. The zero-order valence-corrected chi connectivity index (χ0v) is 23.0. The number of carbonyl (C=O) groups is 2. The van der Waals surface area contributed by atoms with E-state index in [2.05, 4.69) is 13.8 Å². The van der Waals surface area contributed by atoms with Crippen LogP contribution in [0.5, 0.6) is 0 Å². The Balaban J connectivity index is 1.43. The monoisotopic (exact) mass is 526 g/mol. The summed E-state index contributed by atoms with van der Waals surface area (Å²) < 4.78 is 30.4. The van der Waals surface area contributed by atoms with Gasteiger partial charge in [-0.1, -0.05) is 38.5 Å². The molecule has 1 saturated heterocycles. The van der Waals surface area contributed by atoms with Crippen molar-refractivity contribution in [1.82, 2.24) is 0 Å². The first-order valence-corrected chi connectivity index (χ1v) is 14.3. The predicted octanol–water partition coefficient (Wildman–Crippen LogP) is 5.17. The van der Waals surface area contributed by atoms with Crippen molar-refractivity contribution in [3.63, 3.8) is 0 Å². The molecule has 0 amide bonds. The normalized spacial score (nSPS) is 42.9. The van der Waals surface area contributed by atoms with E-state index in [4.69, 9.17) is 23.7 Å². The number of aldehydes is 1. The average molecular weight is 527 g/mol. The Hall–Kier alpha value is -1.80. The van der Waals surface area contributed by atoms with Crippen LogP contribution in [0.25, 0.3) is 0 Å². The van der Waals surface area contributed by atoms with Gasteiger partial charge in [-0.15, -0.1) is 0 Å². The molecule has 1 aromatic rings. The summed E-state index contributed by atoms with van der Waals surface area (Å²) in [5, 5.41) is 0. The van der Waals surface area contributed by atoms with Crippen LogP contribution in [-0.4, -0.2) is 57.9 Å². The fraction of sp³-hybridized carbons (Fsp3) is 0.742. The molecule has 4 saturated carbocycles. The van der Waals surface area contributed by atoms with Crippen LogP contribution in [0, 0.1) is 33.5 Å². The molecule has 0 aromatic heterocycles. The first kappa shape index (κ1) is 26.4.